The molecular weight excluding hydrogens is 314 g/mol. The van der Waals surface area contributed by atoms with Crippen molar-refractivity contribution >= 4 is 0 Å². The number of hydrogen-bond donors (Lipinski definition) is 2. The molecule has 0 amide bonds. The summed E-state index contributed by atoms with van der Waals surface area (Å²) in [4.78, 5) is 2.09. The van der Waals surface area contributed by atoms with Crippen molar-refractivity contribution in [2.24, 2.45) is 0 Å². The Morgan fingerprint density at radius 2 is 2.04 bits per heavy atom. The molecule has 1 aromatic rings. The van der Waals surface area contributed by atoms with Gasteiger partial charge in [0.2, 0.25) is 0 Å². The summed E-state index contributed by atoms with van der Waals surface area (Å²) in [6.07, 6.45) is 10.1. The Hall–Kier alpha value is -2.38. The van der Waals surface area contributed by atoms with Crippen LogP contribution in [0.5, 0.6) is 11.5 Å². The first kappa shape index (κ1) is 19.0. The van der Waals surface area contributed by atoms with E-state index in [1.165, 1.54) is 6.07 Å². The van der Waals surface area contributed by atoms with Gasteiger partial charge in [-0.15, -0.1) is 6.42 Å². The summed E-state index contributed by atoms with van der Waals surface area (Å²) in [6.45, 7) is 6.65. The maximum absolute atomic E-state index is 10.6. The first-order valence-corrected chi connectivity index (χ1v) is 8.37. The number of terminal acetylenes is 1. The normalized spacial score (nSPS) is 21.3. The summed E-state index contributed by atoms with van der Waals surface area (Å²) in [5.41, 5.74) is 2.25. The second-order valence-electron chi connectivity index (χ2n) is 6.89. The molecule has 0 spiro atoms. The molecule has 4 nitrogen and oxygen atoms in total. The minimum atomic E-state index is -0.519. The van der Waals surface area contributed by atoms with Crippen LogP contribution in [0.25, 0.3) is 0 Å². The minimum absolute atomic E-state index is 0.0665. The van der Waals surface area contributed by atoms with Gasteiger partial charge in [-0.3, -0.25) is 4.90 Å². The summed E-state index contributed by atoms with van der Waals surface area (Å²) in [6, 6.07) is 3.41. The van der Waals surface area contributed by atoms with E-state index < -0.39 is 5.41 Å². The lowest BCUT2D eigenvalue weighted by molar-refractivity contribution is 0.238. The van der Waals surface area contributed by atoms with Crippen molar-refractivity contribution < 1.29 is 14.9 Å². The highest BCUT2D eigenvalue weighted by molar-refractivity contribution is 5.57. The Morgan fingerprint density at radius 1 is 1.36 bits per heavy atom. The first-order chi connectivity index (χ1) is 11.8. The first-order valence-electron chi connectivity index (χ1n) is 8.37. The Balaban J connectivity index is 2.63. The van der Waals surface area contributed by atoms with E-state index in [0.29, 0.717) is 13.0 Å². The van der Waals surface area contributed by atoms with Crippen LogP contribution >= 0.6 is 0 Å². The number of aryl methyl sites for hydroxylation is 1. The molecule has 1 aliphatic carbocycles. The largest absolute Gasteiger partial charge is 0.504 e. The van der Waals surface area contributed by atoms with Crippen LogP contribution in [0, 0.1) is 19.3 Å². The molecule has 2 atom stereocenters. The number of phenols is 2. The molecular formula is C21H27NO3. The van der Waals surface area contributed by atoms with Crippen LogP contribution in [-0.4, -0.2) is 41.9 Å². The molecule has 0 aliphatic heterocycles. The average molecular weight is 341 g/mol. The number of likely N-dealkylation sites (N-methyl/N-ethyl adjacent to an activating group) is 1. The second kappa shape index (κ2) is 7.25. The number of methoxy groups -OCH3 is 1. The van der Waals surface area contributed by atoms with Crippen LogP contribution in [0.2, 0.25) is 0 Å². The number of benzene rings is 1. The highest BCUT2D eigenvalue weighted by atomic mass is 16.5. The summed E-state index contributed by atoms with van der Waals surface area (Å²) in [5.74, 6) is 3.33. The standard InChI is InChI=1S/C21H27NO3/c1-7-12-22(5)15(3)17-10-9-16(25-6)13-21(17,4)19-14(2)8-11-18(23)20(19)24/h1,8-11,15,23-24H,12-13H2,2-6H3/t15-,21+/m1/s1. The van der Waals surface area contributed by atoms with E-state index >= 15 is 0 Å². The van der Waals surface area contributed by atoms with E-state index in [1.54, 1.807) is 7.11 Å². The van der Waals surface area contributed by atoms with Gasteiger partial charge in [0.1, 0.15) is 0 Å². The lowest BCUT2D eigenvalue weighted by Crippen LogP contribution is -2.41. The van der Waals surface area contributed by atoms with Crippen molar-refractivity contribution in [1.29, 1.82) is 0 Å². The molecule has 0 fully saturated rings. The van der Waals surface area contributed by atoms with Crippen molar-refractivity contribution in [2.75, 3.05) is 20.7 Å². The highest BCUT2D eigenvalue weighted by Gasteiger charge is 2.41. The van der Waals surface area contributed by atoms with Gasteiger partial charge in [0, 0.05) is 23.4 Å². The zero-order valence-corrected chi connectivity index (χ0v) is 15.6. The zero-order valence-electron chi connectivity index (χ0n) is 15.6. The molecule has 0 saturated carbocycles. The third-order valence-corrected chi connectivity index (χ3v) is 5.24. The molecule has 0 radical (unpaired) electrons. The second-order valence-corrected chi connectivity index (χ2v) is 6.89. The van der Waals surface area contributed by atoms with Crippen molar-refractivity contribution in [3.63, 3.8) is 0 Å². The summed E-state index contributed by atoms with van der Waals surface area (Å²) < 4.78 is 5.48. The lowest BCUT2D eigenvalue weighted by atomic mass is 9.66. The molecule has 4 heteroatoms. The number of nitrogens with zero attached hydrogens (tertiary/aromatic N) is 1. The van der Waals surface area contributed by atoms with E-state index in [9.17, 15) is 10.2 Å². The zero-order chi connectivity index (χ0) is 18.8. The molecule has 134 valence electrons. The van der Waals surface area contributed by atoms with Crippen LogP contribution in [-0.2, 0) is 10.2 Å². The molecule has 2 N–H and O–H groups in total. The predicted molar refractivity (Wildman–Crippen MR) is 101 cm³/mol. The number of ether oxygens (including phenoxy) is 1. The number of allylic oxidation sites excluding steroid dienone is 3. The van der Waals surface area contributed by atoms with Gasteiger partial charge >= 0.3 is 0 Å². The van der Waals surface area contributed by atoms with Crippen molar-refractivity contribution in [1.82, 2.24) is 4.90 Å². The fraction of sp³-hybridized carbons (Fsp3) is 0.429. The van der Waals surface area contributed by atoms with Crippen LogP contribution < -0.4 is 0 Å². The number of rotatable bonds is 5. The van der Waals surface area contributed by atoms with Crippen molar-refractivity contribution in [3.05, 3.63) is 46.7 Å². The summed E-state index contributed by atoms with van der Waals surface area (Å²) in [7, 11) is 3.63. The van der Waals surface area contributed by atoms with Crippen LogP contribution in [0.15, 0.2) is 35.6 Å². The van der Waals surface area contributed by atoms with Gasteiger partial charge in [0.15, 0.2) is 11.5 Å². The van der Waals surface area contributed by atoms with Crippen LogP contribution in [0.3, 0.4) is 0 Å². The van der Waals surface area contributed by atoms with Gasteiger partial charge in [-0.2, -0.15) is 0 Å². The van der Waals surface area contributed by atoms with Crippen molar-refractivity contribution in [3.8, 4) is 23.8 Å². The van der Waals surface area contributed by atoms with Gasteiger partial charge in [0.25, 0.3) is 0 Å². The highest BCUT2D eigenvalue weighted by Crippen LogP contribution is 2.49. The quantitative estimate of drug-likeness (QED) is 0.636. The SMILES string of the molecule is C#CCN(C)[C@H](C)C1=CC=C(OC)C[C@]1(C)c1c(C)ccc(O)c1O. The van der Waals surface area contributed by atoms with E-state index in [1.807, 2.05) is 32.2 Å². The predicted octanol–water partition coefficient (Wildman–Crippen LogP) is 3.48. The van der Waals surface area contributed by atoms with Crippen LogP contribution in [0.4, 0.5) is 0 Å². The van der Waals surface area contributed by atoms with Gasteiger partial charge < -0.3 is 14.9 Å². The Kier molecular flexibility index (Phi) is 5.49. The molecule has 25 heavy (non-hydrogen) atoms. The minimum Gasteiger partial charge on any atom is -0.504 e. The average Bonchev–Trinajstić information content (AvgIpc) is 2.57. The molecule has 0 saturated heterocycles. The number of aromatic hydroxyl groups is 2. The van der Waals surface area contributed by atoms with Crippen molar-refractivity contribution in [2.45, 2.75) is 38.6 Å². The molecule has 0 aromatic heterocycles. The maximum Gasteiger partial charge on any atom is 0.161 e. The topological polar surface area (TPSA) is 52.9 Å². The van der Waals surface area contributed by atoms with Gasteiger partial charge in [-0.1, -0.05) is 25.0 Å². The number of hydrogen-bond acceptors (Lipinski definition) is 4. The third-order valence-electron chi connectivity index (χ3n) is 5.24. The summed E-state index contributed by atoms with van der Waals surface area (Å²) >= 11 is 0. The van der Waals surface area contributed by atoms with Gasteiger partial charge in [-0.25, -0.2) is 0 Å². The Morgan fingerprint density at radius 3 is 2.64 bits per heavy atom. The van der Waals surface area contributed by atoms with Gasteiger partial charge in [0.05, 0.1) is 19.4 Å². The smallest absolute Gasteiger partial charge is 0.161 e. The summed E-state index contributed by atoms with van der Waals surface area (Å²) in [5, 5.41) is 20.7. The Bertz CT molecular complexity index is 757. The van der Waals surface area contributed by atoms with E-state index in [-0.39, 0.29) is 17.5 Å². The molecule has 1 aromatic carbocycles. The number of phenolic OH excluding ortho intramolecular Hbond substituents is 2. The van der Waals surface area contributed by atoms with Gasteiger partial charge in [-0.05, 0) is 44.2 Å². The lowest BCUT2D eigenvalue weighted by Gasteiger charge is -2.42. The molecule has 1 aliphatic rings. The molecule has 0 heterocycles. The third kappa shape index (κ3) is 3.38. The van der Waals surface area contributed by atoms with E-state index in [2.05, 4.69) is 24.7 Å². The fourth-order valence-electron chi connectivity index (χ4n) is 3.75. The maximum atomic E-state index is 10.6. The van der Waals surface area contributed by atoms with E-state index in [4.69, 9.17) is 11.2 Å². The fourth-order valence-corrected chi connectivity index (χ4v) is 3.75. The molecule has 2 rings (SSSR count). The molecule has 0 bridgehead atoms. The van der Waals surface area contributed by atoms with E-state index in [0.717, 1.165) is 22.5 Å². The van der Waals surface area contributed by atoms with Crippen LogP contribution in [0.1, 0.15) is 31.4 Å². The monoisotopic (exact) mass is 341 g/mol. The Labute approximate surface area is 150 Å². The molecule has 0 unspecified atom stereocenters.